The van der Waals surface area contributed by atoms with Crippen LogP contribution < -0.4 is 0 Å². The van der Waals surface area contributed by atoms with E-state index in [0.717, 1.165) is 31.5 Å². The summed E-state index contributed by atoms with van der Waals surface area (Å²) in [6.07, 6.45) is 2.32. The zero-order chi connectivity index (χ0) is 18.1. The van der Waals surface area contributed by atoms with Crippen LogP contribution in [0.15, 0.2) is 54.6 Å². The Hall–Kier alpha value is -2.62. The zero-order valence-corrected chi connectivity index (χ0v) is 15.0. The number of hydrogen-bond donors (Lipinski definition) is 0. The van der Waals surface area contributed by atoms with Gasteiger partial charge in [0.25, 0.3) is 0 Å². The molecule has 4 heteroatoms. The molecule has 0 atom stereocenters. The molecule has 2 heterocycles. The van der Waals surface area contributed by atoms with Gasteiger partial charge in [-0.1, -0.05) is 30.3 Å². The third-order valence-electron chi connectivity index (χ3n) is 5.52. The number of amides is 1. The van der Waals surface area contributed by atoms with E-state index >= 15 is 0 Å². The van der Waals surface area contributed by atoms with E-state index in [1.807, 2.05) is 4.90 Å². The maximum atomic E-state index is 13.0. The van der Waals surface area contributed by atoms with Gasteiger partial charge >= 0.3 is 0 Å². The minimum absolute atomic E-state index is 0.132. The number of likely N-dealkylation sites (tertiary alicyclic amines) is 1. The molecular formula is C22H23FN2O. The maximum Gasteiger partial charge on any atom is 0.226 e. The normalized spacial score (nSPS) is 15.5. The Labute approximate surface area is 153 Å². The van der Waals surface area contributed by atoms with Crippen LogP contribution in [0.4, 0.5) is 4.39 Å². The van der Waals surface area contributed by atoms with Gasteiger partial charge in [0.2, 0.25) is 5.91 Å². The number of fused-ring (bicyclic) bond motifs is 1. The van der Waals surface area contributed by atoms with Crippen molar-refractivity contribution >= 4 is 16.8 Å². The fourth-order valence-corrected chi connectivity index (χ4v) is 4.02. The first-order chi connectivity index (χ1) is 12.6. The number of nitrogens with zero attached hydrogens (tertiary/aromatic N) is 2. The predicted octanol–water partition coefficient (Wildman–Crippen LogP) is 4.27. The molecule has 3 nitrogen and oxygen atoms in total. The van der Waals surface area contributed by atoms with E-state index in [1.165, 1.54) is 28.7 Å². The number of aryl methyl sites for hydroxylation is 1. The van der Waals surface area contributed by atoms with E-state index in [1.54, 1.807) is 12.1 Å². The number of carbonyl (C=O) groups is 1. The summed E-state index contributed by atoms with van der Waals surface area (Å²) in [5, 5.41) is 1.28. The number of carbonyl (C=O) groups excluding carboxylic acids is 1. The first-order valence-corrected chi connectivity index (χ1v) is 9.18. The fourth-order valence-electron chi connectivity index (χ4n) is 4.02. The molecule has 1 aliphatic heterocycles. The Morgan fingerprint density at radius 2 is 1.77 bits per heavy atom. The molecule has 134 valence electrons. The molecule has 0 N–H and O–H groups in total. The smallest absolute Gasteiger partial charge is 0.226 e. The van der Waals surface area contributed by atoms with Crippen molar-refractivity contribution in [3.05, 3.63) is 71.7 Å². The lowest BCUT2D eigenvalue weighted by atomic mass is 9.93. The fraction of sp³-hybridized carbons (Fsp3) is 0.318. The highest BCUT2D eigenvalue weighted by Crippen LogP contribution is 2.32. The van der Waals surface area contributed by atoms with Gasteiger partial charge in [-0.2, -0.15) is 0 Å². The number of benzene rings is 2. The quantitative estimate of drug-likeness (QED) is 0.693. The van der Waals surface area contributed by atoms with Crippen molar-refractivity contribution < 1.29 is 9.18 Å². The number of piperidine rings is 1. The molecule has 1 aliphatic rings. The van der Waals surface area contributed by atoms with Crippen molar-refractivity contribution in [1.29, 1.82) is 0 Å². The van der Waals surface area contributed by atoms with Crippen LogP contribution in [0.5, 0.6) is 0 Å². The Bertz CT molecular complexity index is 921. The van der Waals surface area contributed by atoms with E-state index in [2.05, 4.69) is 41.9 Å². The molecule has 1 saturated heterocycles. The Morgan fingerprint density at radius 3 is 2.46 bits per heavy atom. The summed E-state index contributed by atoms with van der Waals surface area (Å²) in [7, 11) is 2.13. The van der Waals surface area contributed by atoms with Gasteiger partial charge in [-0.3, -0.25) is 4.79 Å². The number of aromatic nitrogens is 1. The minimum atomic E-state index is -0.267. The molecule has 4 rings (SSSR count). The number of halogens is 1. The standard InChI is InChI=1S/C22H23FN2O/c1-24-20-5-3-2-4-18(20)15-21(24)17-10-12-25(13-11-17)22(26)14-16-6-8-19(23)9-7-16/h2-9,15,17H,10-14H2,1H3. The molecule has 3 aromatic rings. The van der Waals surface area contributed by atoms with Crippen LogP contribution in [0.1, 0.15) is 30.0 Å². The molecule has 26 heavy (non-hydrogen) atoms. The molecule has 2 aromatic carbocycles. The van der Waals surface area contributed by atoms with Crippen LogP contribution in [0.2, 0.25) is 0 Å². The highest BCUT2D eigenvalue weighted by molar-refractivity contribution is 5.81. The van der Waals surface area contributed by atoms with Crippen molar-refractivity contribution in [3.63, 3.8) is 0 Å². The van der Waals surface area contributed by atoms with Gasteiger partial charge in [-0.05, 0) is 48.1 Å². The largest absolute Gasteiger partial charge is 0.347 e. The van der Waals surface area contributed by atoms with Gasteiger partial charge in [0, 0.05) is 37.3 Å². The Morgan fingerprint density at radius 1 is 1.08 bits per heavy atom. The van der Waals surface area contributed by atoms with Crippen molar-refractivity contribution in [2.45, 2.75) is 25.2 Å². The van der Waals surface area contributed by atoms with Crippen molar-refractivity contribution in [1.82, 2.24) is 9.47 Å². The average Bonchev–Trinajstić information content (AvgIpc) is 3.01. The van der Waals surface area contributed by atoms with Gasteiger partial charge in [-0.25, -0.2) is 4.39 Å². The predicted molar refractivity (Wildman–Crippen MR) is 102 cm³/mol. The SMILES string of the molecule is Cn1c(C2CCN(C(=O)Cc3ccc(F)cc3)CC2)cc2ccccc21. The summed E-state index contributed by atoms with van der Waals surface area (Å²) in [5.41, 5.74) is 3.49. The second-order valence-corrected chi connectivity index (χ2v) is 7.15. The average molecular weight is 350 g/mol. The van der Waals surface area contributed by atoms with Crippen LogP contribution in [-0.4, -0.2) is 28.5 Å². The van der Waals surface area contributed by atoms with Crippen LogP contribution in [0, 0.1) is 5.82 Å². The highest BCUT2D eigenvalue weighted by atomic mass is 19.1. The van der Waals surface area contributed by atoms with Crippen LogP contribution in [-0.2, 0) is 18.3 Å². The second kappa shape index (κ2) is 6.94. The second-order valence-electron chi connectivity index (χ2n) is 7.15. The highest BCUT2D eigenvalue weighted by Gasteiger charge is 2.25. The zero-order valence-electron chi connectivity index (χ0n) is 15.0. The van der Waals surface area contributed by atoms with Gasteiger partial charge in [0.15, 0.2) is 0 Å². The van der Waals surface area contributed by atoms with E-state index < -0.39 is 0 Å². The van der Waals surface area contributed by atoms with E-state index in [0.29, 0.717) is 12.3 Å². The van der Waals surface area contributed by atoms with E-state index in [-0.39, 0.29) is 11.7 Å². The van der Waals surface area contributed by atoms with E-state index in [9.17, 15) is 9.18 Å². The van der Waals surface area contributed by atoms with Gasteiger partial charge < -0.3 is 9.47 Å². The number of rotatable bonds is 3. The lowest BCUT2D eigenvalue weighted by Gasteiger charge is -2.32. The molecule has 0 aliphatic carbocycles. The molecule has 0 spiro atoms. The molecule has 0 saturated carbocycles. The van der Waals surface area contributed by atoms with Crippen LogP contribution >= 0.6 is 0 Å². The molecule has 0 bridgehead atoms. The minimum Gasteiger partial charge on any atom is -0.347 e. The van der Waals surface area contributed by atoms with Crippen molar-refractivity contribution in [3.8, 4) is 0 Å². The lowest BCUT2D eigenvalue weighted by molar-refractivity contribution is -0.131. The summed E-state index contributed by atoms with van der Waals surface area (Å²) in [6, 6.07) is 16.9. The third-order valence-corrected chi connectivity index (χ3v) is 5.52. The number of para-hydroxylation sites is 1. The van der Waals surface area contributed by atoms with Crippen LogP contribution in [0.25, 0.3) is 10.9 Å². The van der Waals surface area contributed by atoms with Crippen molar-refractivity contribution in [2.75, 3.05) is 13.1 Å². The molecular weight excluding hydrogens is 327 g/mol. The third kappa shape index (κ3) is 3.24. The summed E-state index contributed by atoms with van der Waals surface area (Å²) in [4.78, 5) is 14.5. The topological polar surface area (TPSA) is 25.2 Å². The first-order valence-electron chi connectivity index (χ1n) is 9.18. The summed E-state index contributed by atoms with van der Waals surface area (Å²) in [6.45, 7) is 1.57. The first kappa shape index (κ1) is 16.8. The summed E-state index contributed by atoms with van der Waals surface area (Å²) < 4.78 is 15.3. The summed E-state index contributed by atoms with van der Waals surface area (Å²) >= 11 is 0. The molecule has 1 fully saturated rings. The van der Waals surface area contributed by atoms with Gasteiger partial charge in [-0.15, -0.1) is 0 Å². The van der Waals surface area contributed by atoms with E-state index in [4.69, 9.17) is 0 Å². The Balaban J connectivity index is 1.41. The maximum absolute atomic E-state index is 13.0. The number of hydrogen-bond acceptors (Lipinski definition) is 1. The summed E-state index contributed by atoms with van der Waals surface area (Å²) in [5.74, 6) is 0.353. The van der Waals surface area contributed by atoms with Crippen molar-refractivity contribution in [2.24, 2.45) is 7.05 Å². The van der Waals surface area contributed by atoms with Gasteiger partial charge in [0.05, 0.1) is 6.42 Å². The molecule has 0 radical (unpaired) electrons. The van der Waals surface area contributed by atoms with Crippen LogP contribution in [0.3, 0.4) is 0 Å². The van der Waals surface area contributed by atoms with Gasteiger partial charge in [0.1, 0.15) is 5.82 Å². The molecule has 0 unspecified atom stereocenters. The molecule has 1 aromatic heterocycles. The monoisotopic (exact) mass is 350 g/mol. The lowest BCUT2D eigenvalue weighted by Crippen LogP contribution is -2.39. The Kier molecular flexibility index (Phi) is 4.49. The molecule has 1 amide bonds.